The Bertz CT molecular complexity index is 931. The summed E-state index contributed by atoms with van der Waals surface area (Å²) >= 11 is 0. The van der Waals surface area contributed by atoms with Crippen LogP contribution in [0.4, 0.5) is 5.95 Å². The Morgan fingerprint density at radius 2 is 1.76 bits per heavy atom. The van der Waals surface area contributed by atoms with Crippen molar-refractivity contribution in [3.05, 3.63) is 53.9 Å². The number of rotatable bonds is 5. The molecule has 5 rings (SSSR count). The topological polar surface area (TPSA) is 61.8 Å². The van der Waals surface area contributed by atoms with Crippen molar-refractivity contribution in [2.45, 2.75) is 63.7 Å². The second kappa shape index (κ2) is 9.77. The van der Waals surface area contributed by atoms with Crippen molar-refractivity contribution < 1.29 is 9.53 Å². The Morgan fingerprint density at radius 1 is 1.00 bits per heavy atom. The fraction of sp³-hybridized carbons (Fsp3) is 0.577. The third-order valence-electron chi connectivity index (χ3n) is 7.65. The first-order valence-corrected chi connectivity index (χ1v) is 12.4. The van der Waals surface area contributed by atoms with Crippen molar-refractivity contribution in [1.82, 2.24) is 19.8 Å². The first kappa shape index (κ1) is 22.3. The molecule has 4 heterocycles. The second-order valence-electron chi connectivity index (χ2n) is 9.80. The zero-order valence-corrected chi connectivity index (χ0v) is 19.7. The monoisotopic (exact) mass is 449 g/mol. The number of likely N-dealkylation sites (tertiary alicyclic amines) is 2. The van der Waals surface area contributed by atoms with E-state index in [0.717, 1.165) is 76.6 Å². The molecule has 3 saturated heterocycles. The van der Waals surface area contributed by atoms with Gasteiger partial charge >= 0.3 is 0 Å². The van der Waals surface area contributed by atoms with Crippen LogP contribution in [0.1, 0.15) is 50.2 Å². The predicted molar refractivity (Wildman–Crippen MR) is 128 cm³/mol. The number of fused-ring (bicyclic) bond motifs is 1. The number of hydrogen-bond acceptors (Lipinski definition) is 6. The molecule has 0 saturated carbocycles. The molecule has 3 aliphatic rings. The Labute approximate surface area is 196 Å². The number of amides is 1. The first-order valence-electron chi connectivity index (χ1n) is 12.4. The molecule has 0 N–H and O–H groups in total. The van der Waals surface area contributed by atoms with Gasteiger partial charge in [-0.05, 0) is 31.7 Å². The van der Waals surface area contributed by atoms with Gasteiger partial charge in [0.15, 0.2) is 0 Å². The SMILES string of the molecule is C[C@@]12CCN(Cc3cnc(N4CCOCC4)nc3)[C@@H]1CCCCC(=O)N2Cc1ccccc1. The minimum atomic E-state index is -0.151. The summed E-state index contributed by atoms with van der Waals surface area (Å²) in [5, 5.41) is 0. The summed E-state index contributed by atoms with van der Waals surface area (Å²) in [6.45, 7) is 7.98. The quantitative estimate of drug-likeness (QED) is 0.698. The van der Waals surface area contributed by atoms with Gasteiger partial charge in [-0.25, -0.2) is 9.97 Å². The van der Waals surface area contributed by atoms with Crippen molar-refractivity contribution >= 4 is 11.9 Å². The van der Waals surface area contributed by atoms with E-state index in [-0.39, 0.29) is 5.54 Å². The van der Waals surface area contributed by atoms with Gasteiger partial charge in [0.1, 0.15) is 0 Å². The van der Waals surface area contributed by atoms with Gasteiger partial charge in [0.05, 0.1) is 18.8 Å². The second-order valence-corrected chi connectivity index (χ2v) is 9.80. The highest BCUT2D eigenvalue weighted by Crippen LogP contribution is 2.40. The van der Waals surface area contributed by atoms with Crippen LogP contribution in [0.15, 0.2) is 42.7 Å². The van der Waals surface area contributed by atoms with Crippen LogP contribution >= 0.6 is 0 Å². The molecular weight excluding hydrogens is 414 g/mol. The molecule has 33 heavy (non-hydrogen) atoms. The van der Waals surface area contributed by atoms with E-state index < -0.39 is 0 Å². The van der Waals surface area contributed by atoms with Crippen molar-refractivity contribution in [3.63, 3.8) is 0 Å². The summed E-state index contributed by atoms with van der Waals surface area (Å²) in [5.74, 6) is 1.09. The molecular formula is C26H35N5O2. The normalized spacial score (nSPS) is 26.7. The van der Waals surface area contributed by atoms with Crippen LogP contribution in [0, 0.1) is 0 Å². The predicted octanol–water partition coefficient (Wildman–Crippen LogP) is 3.25. The summed E-state index contributed by atoms with van der Waals surface area (Å²) in [7, 11) is 0. The molecule has 1 aromatic heterocycles. The van der Waals surface area contributed by atoms with Gasteiger partial charge < -0.3 is 14.5 Å². The van der Waals surface area contributed by atoms with Crippen LogP contribution < -0.4 is 4.90 Å². The molecule has 3 fully saturated rings. The molecule has 2 aromatic rings. The van der Waals surface area contributed by atoms with Gasteiger partial charge in [0, 0.05) is 63.1 Å². The number of nitrogens with zero attached hydrogens (tertiary/aromatic N) is 5. The number of carbonyl (C=O) groups excluding carboxylic acids is 1. The number of ether oxygens (including phenoxy) is 1. The lowest BCUT2D eigenvalue weighted by molar-refractivity contribution is -0.140. The summed E-state index contributed by atoms with van der Waals surface area (Å²) in [4.78, 5) is 29.5. The largest absolute Gasteiger partial charge is 0.378 e. The van der Waals surface area contributed by atoms with Crippen LogP contribution in [-0.2, 0) is 22.6 Å². The number of aromatic nitrogens is 2. The standard InChI is InChI=1S/C26H35N5O2/c1-26-11-12-30(19-22-17-27-25(28-18-22)29-13-15-33-16-14-29)23(26)9-5-6-10-24(32)31(26)20-21-7-3-2-4-8-21/h2-4,7-8,17-18,23H,5-6,9-16,19-20H2,1H3/t23-,26-/m1/s1. The van der Waals surface area contributed by atoms with E-state index in [2.05, 4.69) is 55.9 Å². The van der Waals surface area contributed by atoms with Crippen LogP contribution in [0.5, 0.6) is 0 Å². The number of hydrogen-bond donors (Lipinski definition) is 0. The molecule has 1 amide bonds. The maximum atomic E-state index is 13.2. The third kappa shape index (κ3) is 4.75. The fourth-order valence-corrected chi connectivity index (χ4v) is 5.74. The third-order valence-corrected chi connectivity index (χ3v) is 7.65. The maximum absolute atomic E-state index is 13.2. The lowest BCUT2D eigenvalue weighted by Crippen LogP contribution is -2.57. The molecule has 176 valence electrons. The average molecular weight is 450 g/mol. The van der Waals surface area contributed by atoms with Crippen molar-refractivity contribution in [2.75, 3.05) is 37.7 Å². The Hall–Kier alpha value is -2.51. The van der Waals surface area contributed by atoms with Crippen LogP contribution in [0.3, 0.4) is 0 Å². The summed E-state index contributed by atoms with van der Waals surface area (Å²) in [5.41, 5.74) is 2.19. The van der Waals surface area contributed by atoms with Crippen LogP contribution in [0.2, 0.25) is 0 Å². The zero-order valence-electron chi connectivity index (χ0n) is 19.7. The van der Waals surface area contributed by atoms with Crippen LogP contribution in [-0.4, -0.2) is 70.1 Å². The lowest BCUT2D eigenvalue weighted by Gasteiger charge is -2.46. The highest BCUT2D eigenvalue weighted by atomic mass is 16.5. The lowest BCUT2D eigenvalue weighted by atomic mass is 9.84. The molecule has 0 radical (unpaired) electrons. The van der Waals surface area contributed by atoms with E-state index in [1.54, 1.807) is 0 Å². The van der Waals surface area contributed by atoms with E-state index in [1.165, 1.54) is 5.56 Å². The minimum Gasteiger partial charge on any atom is -0.378 e. The van der Waals surface area contributed by atoms with E-state index in [9.17, 15) is 4.79 Å². The summed E-state index contributed by atoms with van der Waals surface area (Å²) in [6, 6.07) is 10.8. The average Bonchev–Trinajstić information content (AvgIpc) is 3.16. The molecule has 7 heteroatoms. The van der Waals surface area contributed by atoms with E-state index >= 15 is 0 Å². The van der Waals surface area contributed by atoms with Gasteiger partial charge in [0.25, 0.3) is 0 Å². The molecule has 7 nitrogen and oxygen atoms in total. The number of morpholine rings is 1. The smallest absolute Gasteiger partial charge is 0.225 e. The van der Waals surface area contributed by atoms with E-state index in [1.807, 2.05) is 18.5 Å². The van der Waals surface area contributed by atoms with Gasteiger partial charge in [-0.15, -0.1) is 0 Å². The Balaban J connectivity index is 1.32. The van der Waals surface area contributed by atoms with Gasteiger partial charge in [-0.3, -0.25) is 9.69 Å². The van der Waals surface area contributed by atoms with Gasteiger partial charge in [0.2, 0.25) is 11.9 Å². The Morgan fingerprint density at radius 3 is 2.52 bits per heavy atom. The fourth-order valence-electron chi connectivity index (χ4n) is 5.74. The molecule has 2 atom stereocenters. The Kier molecular flexibility index (Phi) is 6.60. The minimum absolute atomic E-state index is 0.151. The van der Waals surface area contributed by atoms with E-state index in [0.29, 0.717) is 24.9 Å². The van der Waals surface area contributed by atoms with E-state index in [4.69, 9.17) is 4.74 Å². The summed E-state index contributed by atoms with van der Waals surface area (Å²) < 4.78 is 5.43. The van der Waals surface area contributed by atoms with Crippen molar-refractivity contribution in [1.29, 1.82) is 0 Å². The number of anilines is 1. The zero-order chi connectivity index (χ0) is 22.7. The van der Waals surface area contributed by atoms with Gasteiger partial charge in [-0.2, -0.15) is 0 Å². The van der Waals surface area contributed by atoms with Crippen molar-refractivity contribution in [3.8, 4) is 0 Å². The maximum Gasteiger partial charge on any atom is 0.225 e. The molecule has 0 unspecified atom stereocenters. The molecule has 0 aliphatic carbocycles. The molecule has 0 bridgehead atoms. The molecule has 1 aromatic carbocycles. The number of carbonyl (C=O) groups is 1. The number of benzene rings is 1. The highest BCUT2D eigenvalue weighted by molar-refractivity contribution is 5.77. The summed E-state index contributed by atoms with van der Waals surface area (Å²) in [6.07, 6.45) is 8.82. The van der Waals surface area contributed by atoms with Crippen molar-refractivity contribution in [2.24, 2.45) is 0 Å². The van der Waals surface area contributed by atoms with Gasteiger partial charge in [-0.1, -0.05) is 36.8 Å². The first-order chi connectivity index (χ1) is 16.1. The van der Waals surface area contributed by atoms with Crippen LogP contribution in [0.25, 0.3) is 0 Å². The molecule has 0 spiro atoms. The highest BCUT2D eigenvalue weighted by Gasteiger charge is 2.49. The molecule has 3 aliphatic heterocycles.